The largest absolute Gasteiger partial charge is 0.443 e. The van der Waals surface area contributed by atoms with E-state index in [-0.39, 0.29) is 18.6 Å². The van der Waals surface area contributed by atoms with Crippen LogP contribution in [0.25, 0.3) is 10.8 Å². The van der Waals surface area contributed by atoms with E-state index in [0.29, 0.717) is 31.1 Å². The van der Waals surface area contributed by atoms with E-state index in [2.05, 4.69) is 15.6 Å². The van der Waals surface area contributed by atoms with E-state index in [9.17, 15) is 4.79 Å². The van der Waals surface area contributed by atoms with Crippen molar-refractivity contribution in [2.24, 2.45) is 5.92 Å². The first kappa shape index (κ1) is 15.5. The first-order valence-electron chi connectivity index (χ1n) is 6.80. The van der Waals surface area contributed by atoms with Crippen LogP contribution in [0.3, 0.4) is 0 Å². The van der Waals surface area contributed by atoms with Crippen LogP contribution in [-0.2, 0) is 6.54 Å². The molecule has 0 aliphatic rings. The number of amides is 2. The molecule has 21 heavy (non-hydrogen) atoms. The van der Waals surface area contributed by atoms with Crippen molar-refractivity contribution >= 4 is 17.4 Å². The molecule has 0 radical (unpaired) electrons. The van der Waals surface area contributed by atoms with Gasteiger partial charge in [0, 0.05) is 13.2 Å². The van der Waals surface area contributed by atoms with Crippen molar-refractivity contribution < 1.29 is 14.3 Å². The lowest BCUT2D eigenvalue weighted by molar-refractivity contribution is 0.233. The zero-order valence-corrected chi connectivity index (χ0v) is 12.7. The highest BCUT2D eigenvalue weighted by Crippen LogP contribution is 2.23. The van der Waals surface area contributed by atoms with Crippen LogP contribution in [0.4, 0.5) is 4.79 Å². The van der Waals surface area contributed by atoms with Crippen LogP contribution >= 0.6 is 11.3 Å². The number of aliphatic hydroxyl groups is 1. The Bertz CT molecular complexity index is 554. The highest BCUT2D eigenvalue weighted by molar-refractivity contribution is 7.13. The Morgan fingerprint density at radius 3 is 3.10 bits per heavy atom. The predicted molar refractivity (Wildman–Crippen MR) is 80.9 cm³/mol. The minimum Gasteiger partial charge on any atom is -0.443 e. The summed E-state index contributed by atoms with van der Waals surface area (Å²) >= 11 is 1.55. The van der Waals surface area contributed by atoms with Gasteiger partial charge < -0.3 is 20.2 Å². The van der Waals surface area contributed by atoms with Crippen LogP contribution in [0.2, 0.25) is 0 Å². The molecule has 0 saturated heterocycles. The number of carbonyl (C=O) groups is 1. The first-order valence-corrected chi connectivity index (χ1v) is 7.68. The van der Waals surface area contributed by atoms with Crippen LogP contribution in [-0.4, -0.2) is 29.3 Å². The number of carbonyl (C=O) groups excluding carboxylic acids is 1. The van der Waals surface area contributed by atoms with Crippen LogP contribution in [0.15, 0.2) is 28.2 Å². The number of nitrogens with zero attached hydrogens (tertiary/aromatic N) is 1. The van der Waals surface area contributed by atoms with E-state index in [4.69, 9.17) is 9.52 Å². The molecule has 1 atom stereocenters. The molecule has 0 spiro atoms. The summed E-state index contributed by atoms with van der Waals surface area (Å²) < 4.78 is 5.37. The van der Waals surface area contributed by atoms with Gasteiger partial charge in [0.1, 0.15) is 6.26 Å². The molecule has 2 rings (SSSR count). The fourth-order valence-electron chi connectivity index (χ4n) is 1.72. The molecular formula is C14H19N3O3S. The summed E-state index contributed by atoms with van der Waals surface area (Å²) in [7, 11) is 0. The number of nitrogens with one attached hydrogen (secondary N) is 2. The van der Waals surface area contributed by atoms with Gasteiger partial charge in [0.05, 0.1) is 17.1 Å². The fourth-order valence-corrected chi connectivity index (χ4v) is 2.38. The lowest BCUT2D eigenvalue weighted by atomic mass is 10.1. The summed E-state index contributed by atoms with van der Waals surface area (Å²) in [5.74, 6) is 0.817. The van der Waals surface area contributed by atoms with Crippen molar-refractivity contribution in [3.63, 3.8) is 0 Å². The number of oxazole rings is 1. The molecule has 114 valence electrons. The lowest BCUT2D eigenvalue weighted by Crippen LogP contribution is -2.37. The molecule has 2 amide bonds. The molecule has 2 aromatic rings. The molecule has 7 heteroatoms. The van der Waals surface area contributed by atoms with E-state index >= 15 is 0 Å². The predicted octanol–water partition coefficient (Wildman–Crippen LogP) is 2.22. The lowest BCUT2D eigenvalue weighted by Gasteiger charge is -2.11. The van der Waals surface area contributed by atoms with Gasteiger partial charge in [0.2, 0.25) is 5.89 Å². The number of thiophene rings is 1. The Hall–Kier alpha value is -1.86. The third kappa shape index (κ3) is 4.87. The first-order chi connectivity index (χ1) is 10.2. The van der Waals surface area contributed by atoms with Crippen molar-refractivity contribution in [3.8, 4) is 10.8 Å². The SMILES string of the molecule is CC(CCO)CNC(=O)NCc1coc(-c2cccs2)n1. The smallest absolute Gasteiger partial charge is 0.315 e. The second-order valence-electron chi connectivity index (χ2n) is 4.80. The number of urea groups is 1. The maximum Gasteiger partial charge on any atom is 0.315 e. The minimum absolute atomic E-state index is 0.134. The van der Waals surface area contributed by atoms with E-state index in [0.717, 1.165) is 4.88 Å². The molecule has 6 nitrogen and oxygen atoms in total. The van der Waals surface area contributed by atoms with Gasteiger partial charge in [0.15, 0.2) is 0 Å². The Labute approximate surface area is 127 Å². The maximum atomic E-state index is 11.6. The number of hydrogen-bond acceptors (Lipinski definition) is 5. The summed E-state index contributed by atoms with van der Waals surface area (Å²) in [6.07, 6.45) is 2.22. The molecule has 0 aromatic carbocycles. The van der Waals surface area contributed by atoms with Gasteiger partial charge in [-0.2, -0.15) is 0 Å². The van der Waals surface area contributed by atoms with Crippen molar-refractivity contribution in [2.45, 2.75) is 19.9 Å². The van der Waals surface area contributed by atoms with Crippen LogP contribution in [0, 0.1) is 5.92 Å². The van der Waals surface area contributed by atoms with Gasteiger partial charge in [-0.05, 0) is 23.8 Å². The number of aliphatic hydroxyl groups excluding tert-OH is 1. The third-order valence-electron chi connectivity index (χ3n) is 2.95. The molecule has 0 bridgehead atoms. The monoisotopic (exact) mass is 309 g/mol. The molecule has 0 aliphatic heterocycles. The van der Waals surface area contributed by atoms with Crippen LogP contribution < -0.4 is 10.6 Å². The summed E-state index contributed by atoms with van der Waals surface area (Å²) in [5.41, 5.74) is 0.678. The highest BCUT2D eigenvalue weighted by Gasteiger charge is 2.09. The maximum absolute atomic E-state index is 11.6. The zero-order valence-electron chi connectivity index (χ0n) is 11.8. The molecule has 0 saturated carbocycles. The van der Waals surface area contributed by atoms with Crippen LogP contribution in [0.5, 0.6) is 0 Å². The van der Waals surface area contributed by atoms with E-state index in [1.807, 2.05) is 24.4 Å². The standard InChI is InChI=1S/C14H19N3O3S/c1-10(4-5-18)7-15-14(19)16-8-11-9-20-13(17-11)12-3-2-6-21-12/h2-3,6,9-10,18H,4-5,7-8H2,1H3,(H2,15,16,19). The highest BCUT2D eigenvalue weighted by atomic mass is 32.1. The van der Waals surface area contributed by atoms with Gasteiger partial charge in [0.25, 0.3) is 0 Å². The fraction of sp³-hybridized carbons (Fsp3) is 0.429. The molecule has 0 aliphatic carbocycles. The second-order valence-corrected chi connectivity index (χ2v) is 5.75. The minimum atomic E-state index is -0.250. The zero-order chi connectivity index (χ0) is 15.1. The normalized spacial score (nSPS) is 12.1. The number of rotatable bonds is 7. The Balaban J connectivity index is 1.74. The summed E-state index contributed by atoms with van der Waals surface area (Å²) in [4.78, 5) is 16.9. The van der Waals surface area contributed by atoms with Gasteiger partial charge in [-0.3, -0.25) is 0 Å². The Morgan fingerprint density at radius 2 is 2.38 bits per heavy atom. The van der Waals surface area contributed by atoms with E-state index in [1.165, 1.54) is 0 Å². The third-order valence-corrected chi connectivity index (χ3v) is 3.80. The summed E-state index contributed by atoms with van der Waals surface area (Å²) in [6.45, 7) is 2.96. The Morgan fingerprint density at radius 1 is 1.52 bits per heavy atom. The van der Waals surface area contributed by atoms with Gasteiger partial charge in [-0.25, -0.2) is 9.78 Å². The molecular weight excluding hydrogens is 290 g/mol. The van der Waals surface area contributed by atoms with Crippen molar-refractivity contribution in [2.75, 3.05) is 13.2 Å². The summed E-state index contributed by atoms with van der Waals surface area (Å²) in [5, 5.41) is 16.2. The van der Waals surface area contributed by atoms with Crippen molar-refractivity contribution in [1.29, 1.82) is 0 Å². The topological polar surface area (TPSA) is 87.4 Å². The average molecular weight is 309 g/mol. The second kappa shape index (κ2) is 7.80. The Kier molecular flexibility index (Phi) is 5.77. The van der Waals surface area contributed by atoms with Gasteiger partial charge >= 0.3 is 6.03 Å². The molecule has 1 unspecified atom stereocenters. The van der Waals surface area contributed by atoms with E-state index in [1.54, 1.807) is 17.6 Å². The number of aromatic nitrogens is 1. The van der Waals surface area contributed by atoms with Gasteiger partial charge in [-0.1, -0.05) is 13.0 Å². The molecule has 2 heterocycles. The average Bonchev–Trinajstić information content (AvgIpc) is 3.13. The molecule has 0 fully saturated rings. The summed E-state index contributed by atoms with van der Waals surface area (Å²) in [6, 6.07) is 3.62. The quantitative estimate of drug-likeness (QED) is 0.732. The van der Waals surface area contributed by atoms with Gasteiger partial charge in [-0.15, -0.1) is 11.3 Å². The van der Waals surface area contributed by atoms with Crippen molar-refractivity contribution in [3.05, 3.63) is 29.5 Å². The van der Waals surface area contributed by atoms with Crippen LogP contribution in [0.1, 0.15) is 19.0 Å². The molecule has 2 aromatic heterocycles. The van der Waals surface area contributed by atoms with Crippen molar-refractivity contribution in [1.82, 2.24) is 15.6 Å². The molecule has 3 N–H and O–H groups in total. The number of hydrogen-bond donors (Lipinski definition) is 3. The van der Waals surface area contributed by atoms with E-state index < -0.39 is 0 Å².